The van der Waals surface area contributed by atoms with E-state index in [0.29, 0.717) is 43.2 Å². The second kappa shape index (κ2) is 10.0. The average Bonchev–Trinajstić information content (AvgIpc) is 3.18. The molecule has 2 aliphatic rings. The van der Waals surface area contributed by atoms with Crippen molar-refractivity contribution in [2.75, 3.05) is 32.8 Å². The number of fused-ring (bicyclic) bond motifs is 1. The summed E-state index contributed by atoms with van der Waals surface area (Å²) in [4.78, 5) is 17.9. The molecule has 2 aromatic carbocycles. The van der Waals surface area contributed by atoms with Crippen LogP contribution in [-0.4, -0.2) is 54.7 Å². The predicted octanol–water partition coefficient (Wildman–Crippen LogP) is 4.97. The number of carbonyl (C=O) groups is 1. The summed E-state index contributed by atoms with van der Waals surface area (Å²) < 4.78 is 47.5. The third kappa shape index (κ3) is 5.09. The largest absolute Gasteiger partial charge is 0.379 e. The molecule has 8 heteroatoms. The molecule has 2 heterocycles. The number of aromatic amines is 1. The Labute approximate surface area is 202 Å². The number of H-pyrrole nitrogens is 1. The molecule has 0 radical (unpaired) electrons. The lowest BCUT2D eigenvalue weighted by Gasteiger charge is -2.36. The lowest BCUT2D eigenvalue weighted by molar-refractivity contribution is -0.123. The minimum Gasteiger partial charge on any atom is -0.379 e. The first kappa shape index (κ1) is 23.9. The number of halogens is 3. The van der Waals surface area contributed by atoms with Crippen molar-refractivity contribution in [1.82, 2.24) is 15.2 Å². The van der Waals surface area contributed by atoms with Gasteiger partial charge in [0.25, 0.3) is 0 Å². The minimum atomic E-state index is -0.646. The van der Waals surface area contributed by atoms with Gasteiger partial charge in [0.15, 0.2) is 0 Å². The second-order valence-electron chi connectivity index (χ2n) is 9.77. The van der Waals surface area contributed by atoms with E-state index < -0.39 is 11.6 Å². The molecule has 1 saturated carbocycles. The van der Waals surface area contributed by atoms with E-state index in [9.17, 15) is 18.0 Å². The number of rotatable bonds is 7. The summed E-state index contributed by atoms with van der Waals surface area (Å²) in [7, 11) is 0. The van der Waals surface area contributed by atoms with Crippen LogP contribution in [0.5, 0.6) is 0 Å². The number of benzene rings is 2. The third-order valence-electron chi connectivity index (χ3n) is 7.38. The number of ether oxygens (including phenoxy) is 1. The molecule has 1 unspecified atom stereocenters. The predicted molar refractivity (Wildman–Crippen MR) is 129 cm³/mol. The molecule has 186 valence electrons. The van der Waals surface area contributed by atoms with Gasteiger partial charge < -0.3 is 15.0 Å². The highest BCUT2D eigenvalue weighted by atomic mass is 19.1. The van der Waals surface area contributed by atoms with Gasteiger partial charge in [-0.15, -0.1) is 0 Å². The molecule has 35 heavy (non-hydrogen) atoms. The van der Waals surface area contributed by atoms with Crippen molar-refractivity contribution >= 4 is 16.8 Å². The van der Waals surface area contributed by atoms with E-state index >= 15 is 0 Å². The molecule has 0 spiro atoms. The molecule has 5 nitrogen and oxygen atoms in total. The molecule has 2 N–H and O–H groups in total. The summed E-state index contributed by atoms with van der Waals surface area (Å²) in [5.41, 5.74) is 2.53. The molecule has 1 atom stereocenters. The Balaban J connectivity index is 1.26. The zero-order valence-corrected chi connectivity index (χ0v) is 19.8. The minimum absolute atomic E-state index is 0.0377. The van der Waals surface area contributed by atoms with E-state index in [2.05, 4.69) is 22.1 Å². The van der Waals surface area contributed by atoms with E-state index in [4.69, 9.17) is 4.74 Å². The van der Waals surface area contributed by atoms with Gasteiger partial charge >= 0.3 is 0 Å². The van der Waals surface area contributed by atoms with Crippen molar-refractivity contribution in [2.24, 2.45) is 5.92 Å². The number of nitrogens with one attached hydrogen (secondary N) is 2. The number of hydrogen-bond acceptors (Lipinski definition) is 3. The van der Waals surface area contributed by atoms with Crippen LogP contribution >= 0.6 is 0 Å². The molecular formula is C27H30F3N3O2. The number of carbonyl (C=O) groups excluding carboxylic acids is 1. The van der Waals surface area contributed by atoms with Gasteiger partial charge in [-0.05, 0) is 73.1 Å². The zero-order chi connectivity index (χ0) is 24.5. The Morgan fingerprint density at radius 3 is 2.54 bits per heavy atom. The highest BCUT2D eigenvalue weighted by Gasteiger charge is 2.35. The maximum Gasteiger partial charge on any atom is 0.221 e. The standard InChI is InChI=1S/C27H30F3N3O2/c1-16(33-6-8-35-9-7-33)10-24(34)31-15-17-11-19(12-17)25-22-13-21(29)14-23(30)27(22)32-26(25)18-2-4-20(28)5-3-18/h2-5,13-14,16-17,19,32H,6-12,15H2,1H3,(H,31,34)/t16?,17-,19+. The van der Waals surface area contributed by atoms with E-state index in [0.717, 1.165) is 43.1 Å². The van der Waals surface area contributed by atoms with E-state index in [-0.39, 0.29) is 29.2 Å². The molecule has 1 aliphatic carbocycles. The first-order valence-electron chi connectivity index (χ1n) is 12.2. The van der Waals surface area contributed by atoms with Gasteiger partial charge in [0.05, 0.1) is 24.4 Å². The Bertz CT molecular complexity index is 1200. The fourth-order valence-electron chi connectivity index (χ4n) is 5.39. The summed E-state index contributed by atoms with van der Waals surface area (Å²) in [6.07, 6.45) is 2.06. The normalized spacial score (nSPS) is 21.6. The molecule has 3 aromatic rings. The first-order valence-corrected chi connectivity index (χ1v) is 12.2. The van der Waals surface area contributed by atoms with Crippen LogP contribution in [0.1, 0.15) is 37.7 Å². The van der Waals surface area contributed by atoms with Gasteiger partial charge in [0, 0.05) is 43.5 Å². The Hall–Kier alpha value is -2.84. The molecule has 1 aliphatic heterocycles. The van der Waals surface area contributed by atoms with Gasteiger partial charge in [-0.1, -0.05) is 0 Å². The monoisotopic (exact) mass is 485 g/mol. The SMILES string of the molecule is CC(CC(=O)NC[C@H]1C[C@@H](c2c(-c3ccc(F)cc3)[nH]c3c(F)cc(F)cc32)C1)N1CCOCC1. The molecule has 5 rings (SSSR count). The summed E-state index contributed by atoms with van der Waals surface area (Å²) in [6.45, 7) is 5.76. The lowest BCUT2D eigenvalue weighted by Crippen LogP contribution is -2.45. The lowest BCUT2D eigenvalue weighted by atomic mass is 9.70. The van der Waals surface area contributed by atoms with Crippen molar-refractivity contribution in [3.63, 3.8) is 0 Å². The summed E-state index contributed by atoms with van der Waals surface area (Å²) in [5, 5.41) is 3.58. The van der Waals surface area contributed by atoms with Crippen LogP contribution in [0.25, 0.3) is 22.2 Å². The Morgan fingerprint density at radius 1 is 1.11 bits per heavy atom. The van der Waals surface area contributed by atoms with Gasteiger partial charge in [-0.2, -0.15) is 0 Å². The molecule has 2 fully saturated rings. The smallest absolute Gasteiger partial charge is 0.221 e. The van der Waals surface area contributed by atoms with E-state index in [1.807, 2.05) is 0 Å². The fraction of sp³-hybridized carbons (Fsp3) is 0.444. The maximum atomic E-state index is 14.5. The van der Waals surface area contributed by atoms with Crippen molar-refractivity contribution < 1.29 is 22.7 Å². The van der Waals surface area contributed by atoms with Crippen molar-refractivity contribution in [2.45, 2.75) is 38.1 Å². The van der Waals surface area contributed by atoms with Crippen LogP contribution in [0.4, 0.5) is 13.2 Å². The maximum absolute atomic E-state index is 14.5. The van der Waals surface area contributed by atoms with Gasteiger partial charge in [0.2, 0.25) is 5.91 Å². The fourth-order valence-corrected chi connectivity index (χ4v) is 5.39. The van der Waals surface area contributed by atoms with Crippen molar-refractivity contribution in [3.8, 4) is 11.3 Å². The van der Waals surface area contributed by atoms with Gasteiger partial charge in [0.1, 0.15) is 17.5 Å². The van der Waals surface area contributed by atoms with Crippen LogP contribution in [0.3, 0.4) is 0 Å². The first-order chi connectivity index (χ1) is 16.9. The van der Waals surface area contributed by atoms with Crippen LogP contribution in [-0.2, 0) is 9.53 Å². The van der Waals surface area contributed by atoms with E-state index in [1.54, 1.807) is 12.1 Å². The highest BCUT2D eigenvalue weighted by Crippen LogP contribution is 2.48. The number of amides is 1. The van der Waals surface area contributed by atoms with Crippen LogP contribution in [0, 0.1) is 23.4 Å². The van der Waals surface area contributed by atoms with Crippen molar-refractivity contribution in [1.29, 1.82) is 0 Å². The number of hydrogen-bond donors (Lipinski definition) is 2. The van der Waals surface area contributed by atoms with Crippen LogP contribution in [0.2, 0.25) is 0 Å². The highest BCUT2D eigenvalue weighted by molar-refractivity contribution is 5.92. The van der Waals surface area contributed by atoms with Gasteiger partial charge in [-0.25, -0.2) is 13.2 Å². The Kier molecular flexibility index (Phi) is 6.84. The molecule has 1 aromatic heterocycles. The molecule has 0 bridgehead atoms. The zero-order valence-electron chi connectivity index (χ0n) is 19.8. The molecule has 1 amide bonds. The number of nitrogens with zero attached hydrogens (tertiary/aromatic N) is 1. The second-order valence-corrected chi connectivity index (χ2v) is 9.77. The molecule has 1 saturated heterocycles. The quantitative estimate of drug-likeness (QED) is 0.497. The average molecular weight is 486 g/mol. The van der Waals surface area contributed by atoms with Crippen LogP contribution < -0.4 is 5.32 Å². The Morgan fingerprint density at radius 2 is 1.83 bits per heavy atom. The number of aromatic nitrogens is 1. The topological polar surface area (TPSA) is 57.4 Å². The molecular weight excluding hydrogens is 455 g/mol. The summed E-state index contributed by atoms with van der Waals surface area (Å²) >= 11 is 0. The number of morpholine rings is 1. The van der Waals surface area contributed by atoms with E-state index in [1.165, 1.54) is 18.2 Å². The summed E-state index contributed by atoms with van der Waals surface area (Å²) in [5.74, 6) is -1.20. The third-order valence-corrected chi connectivity index (χ3v) is 7.38. The summed E-state index contributed by atoms with van der Waals surface area (Å²) in [6, 6.07) is 8.40. The van der Waals surface area contributed by atoms with Crippen LogP contribution in [0.15, 0.2) is 36.4 Å². The van der Waals surface area contributed by atoms with Gasteiger partial charge in [-0.3, -0.25) is 9.69 Å². The van der Waals surface area contributed by atoms with Crippen molar-refractivity contribution in [3.05, 3.63) is 59.4 Å².